The molecule has 0 aliphatic carbocycles. The maximum absolute atomic E-state index is 13.6. The Morgan fingerprint density at radius 1 is 1.00 bits per heavy atom. The zero-order valence-corrected chi connectivity index (χ0v) is 19.5. The standard InChI is InChI=1S/C27H28N2O2S/c1-18-12-14-21(15-13-18)16-28-26(30)20(3)25-27(31)29(17-22-9-5-4-8-19(22)2)23-10-6-7-11-24(23)32-25/h4-15,20,25H,16-17H2,1-3H3,(H,28,30)/t20-,25-/m1/s1. The molecule has 0 unspecified atom stereocenters. The molecule has 3 aromatic rings. The van der Waals surface area contributed by atoms with E-state index < -0.39 is 11.2 Å². The average molecular weight is 445 g/mol. The third-order valence-electron chi connectivity index (χ3n) is 5.96. The normalized spacial score (nSPS) is 16.4. The summed E-state index contributed by atoms with van der Waals surface area (Å²) in [5.74, 6) is -0.577. The molecule has 2 amide bonds. The minimum atomic E-state index is -0.466. The highest BCUT2D eigenvalue weighted by Crippen LogP contribution is 2.42. The van der Waals surface area contributed by atoms with E-state index in [0.29, 0.717) is 13.1 Å². The number of benzene rings is 3. The first-order valence-corrected chi connectivity index (χ1v) is 11.8. The largest absolute Gasteiger partial charge is 0.352 e. The molecule has 164 valence electrons. The Balaban J connectivity index is 1.53. The smallest absolute Gasteiger partial charge is 0.241 e. The zero-order valence-electron chi connectivity index (χ0n) is 18.7. The van der Waals surface area contributed by atoms with Gasteiger partial charge in [0.15, 0.2) is 0 Å². The summed E-state index contributed by atoms with van der Waals surface area (Å²) < 4.78 is 0. The fraction of sp³-hybridized carbons (Fsp3) is 0.259. The molecule has 0 spiro atoms. The fourth-order valence-corrected chi connectivity index (χ4v) is 5.16. The number of hydrogen-bond acceptors (Lipinski definition) is 3. The molecule has 0 bridgehead atoms. The molecule has 4 nitrogen and oxygen atoms in total. The Labute approximate surface area is 194 Å². The van der Waals surface area contributed by atoms with Crippen LogP contribution in [-0.4, -0.2) is 17.1 Å². The van der Waals surface area contributed by atoms with E-state index in [1.807, 2.05) is 79.4 Å². The summed E-state index contributed by atoms with van der Waals surface area (Å²) in [6.07, 6.45) is 0. The number of nitrogens with zero attached hydrogens (tertiary/aromatic N) is 1. The van der Waals surface area contributed by atoms with Crippen LogP contribution in [0.15, 0.2) is 77.7 Å². The number of thioether (sulfide) groups is 1. The lowest BCUT2D eigenvalue weighted by Crippen LogP contribution is -2.47. The van der Waals surface area contributed by atoms with Crippen LogP contribution in [0.1, 0.15) is 29.2 Å². The lowest BCUT2D eigenvalue weighted by atomic mass is 10.0. The van der Waals surface area contributed by atoms with Crippen LogP contribution in [0.25, 0.3) is 0 Å². The van der Waals surface area contributed by atoms with Gasteiger partial charge in [0, 0.05) is 11.4 Å². The number of rotatable bonds is 6. The zero-order chi connectivity index (χ0) is 22.7. The van der Waals surface area contributed by atoms with E-state index in [4.69, 9.17) is 0 Å². The minimum Gasteiger partial charge on any atom is -0.352 e. The number of hydrogen-bond donors (Lipinski definition) is 1. The van der Waals surface area contributed by atoms with Crippen molar-refractivity contribution in [1.29, 1.82) is 0 Å². The molecule has 0 radical (unpaired) electrons. The number of aryl methyl sites for hydroxylation is 2. The van der Waals surface area contributed by atoms with Crippen molar-refractivity contribution in [2.45, 2.75) is 44.0 Å². The molecule has 0 saturated carbocycles. The van der Waals surface area contributed by atoms with Crippen molar-refractivity contribution in [3.8, 4) is 0 Å². The van der Waals surface area contributed by atoms with Gasteiger partial charge in [0.05, 0.1) is 18.2 Å². The van der Waals surface area contributed by atoms with Gasteiger partial charge in [-0.2, -0.15) is 0 Å². The molecular weight excluding hydrogens is 416 g/mol. The highest BCUT2D eigenvalue weighted by molar-refractivity contribution is 8.01. The van der Waals surface area contributed by atoms with Gasteiger partial charge in [0.2, 0.25) is 11.8 Å². The average Bonchev–Trinajstić information content (AvgIpc) is 2.81. The molecule has 5 heteroatoms. The van der Waals surface area contributed by atoms with E-state index in [-0.39, 0.29) is 11.8 Å². The monoisotopic (exact) mass is 444 g/mol. The van der Waals surface area contributed by atoms with Gasteiger partial charge >= 0.3 is 0 Å². The van der Waals surface area contributed by atoms with E-state index in [1.165, 1.54) is 17.3 Å². The van der Waals surface area contributed by atoms with Gasteiger partial charge in [-0.1, -0.05) is 73.2 Å². The van der Waals surface area contributed by atoms with E-state index in [1.54, 1.807) is 0 Å². The summed E-state index contributed by atoms with van der Waals surface area (Å²) in [4.78, 5) is 29.4. The van der Waals surface area contributed by atoms with Crippen LogP contribution in [0, 0.1) is 19.8 Å². The van der Waals surface area contributed by atoms with Crippen molar-refractivity contribution >= 4 is 29.3 Å². The summed E-state index contributed by atoms with van der Waals surface area (Å²) in [5.41, 5.74) is 5.40. The van der Waals surface area contributed by atoms with E-state index in [9.17, 15) is 9.59 Å². The molecule has 0 aromatic heterocycles. The van der Waals surface area contributed by atoms with Gasteiger partial charge in [-0.05, 0) is 42.7 Å². The van der Waals surface area contributed by atoms with Crippen molar-refractivity contribution in [2.75, 3.05) is 4.90 Å². The van der Waals surface area contributed by atoms with Crippen LogP contribution in [0.5, 0.6) is 0 Å². The van der Waals surface area contributed by atoms with Crippen LogP contribution in [-0.2, 0) is 22.7 Å². The van der Waals surface area contributed by atoms with E-state index in [2.05, 4.69) is 24.4 Å². The number of carbonyl (C=O) groups excluding carboxylic acids is 2. The summed E-state index contributed by atoms with van der Waals surface area (Å²) in [6.45, 7) is 6.90. The predicted octanol–water partition coefficient (Wildman–Crippen LogP) is 5.26. The van der Waals surface area contributed by atoms with E-state index >= 15 is 0 Å². The van der Waals surface area contributed by atoms with Gasteiger partial charge in [-0.3, -0.25) is 9.59 Å². The summed E-state index contributed by atoms with van der Waals surface area (Å²) in [6, 6.07) is 24.2. The number of nitrogens with one attached hydrogen (secondary N) is 1. The second kappa shape index (κ2) is 9.61. The maximum atomic E-state index is 13.6. The Morgan fingerprint density at radius 2 is 1.69 bits per heavy atom. The van der Waals surface area contributed by atoms with Crippen molar-refractivity contribution in [3.63, 3.8) is 0 Å². The summed E-state index contributed by atoms with van der Waals surface area (Å²) in [7, 11) is 0. The SMILES string of the molecule is Cc1ccc(CNC(=O)[C@H](C)[C@H]2Sc3ccccc3N(Cc3ccccc3C)C2=O)cc1. The Hall–Kier alpha value is -3.05. The predicted molar refractivity (Wildman–Crippen MR) is 131 cm³/mol. The summed E-state index contributed by atoms with van der Waals surface area (Å²) in [5, 5.41) is 2.54. The fourth-order valence-electron chi connectivity index (χ4n) is 3.87. The topological polar surface area (TPSA) is 49.4 Å². The Kier molecular flexibility index (Phi) is 6.66. The molecule has 1 N–H and O–H groups in total. The molecule has 4 rings (SSSR count). The van der Waals surface area contributed by atoms with Gasteiger partial charge in [-0.25, -0.2) is 0 Å². The number of carbonyl (C=O) groups is 2. The summed E-state index contributed by atoms with van der Waals surface area (Å²) >= 11 is 1.49. The quantitative estimate of drug-likeness (QED) is 0.564. The maximum Gasteiger partial charge on any atom is 0.241 e. The van der Waals surface area contributed by atoms with Crippen LogP contribution < -0.4 is 10.2 Å². The minimum absolute atomic E-state index is 0.0186. The van der Waals surface area contributed by atoms with Crippen LogP contribution in [0.4, 0.5) is 5.69 Å². The molecule has 2 atom stereocenters. The molecule has 1 aliphatic heterocycles. The highest BCUT2D eigenvalue weighted by atomic mass is 32.2. The molecule has 0 saturated heterocycles. The lowest BCUT2D eigenvalue weighted by molar-refractivity contribution is -0.128. The van der Waals surface area contributed by atoms with Gasteiger partial charge in [0.1, 0.15) is 5.25 Å². The third-order valence-corrected chi connectivity index (χ3v) is 7.43. The van der Waals surface area contributed by atoms with E-state index in [0.717, 1.165) is 27.3 Å². The number of amides is 2. The Bertz CT molecular complexity index is 1130. The lowest BCUT2D eigenvalue weighted by Gasteiger charge is -2.36. The number of anilines is 1. The second-order valence-electron chi connectivity index (χ2n) is 8.35. The third kappa shape index (κ3) is 4.73. The molecular formula is C27H28N2O2S. The first kappa shape index (κ1) is 22.2. The molecule has 1 aliphatic rings. The van der Waals surface area contributed by atoms with Gasteiger partial charge < -0.3 is 10.2 Å². The van der Waals surface area contributed by atoms with Gasteiger partial charge in [-0.15, -0.1) is 11.8 Å². The molecule has 32 heavy (non-hydrogen) atoms. The van der Waals surface area contributed by atoms with Crippen LogP contribution in [0.3, 0.4) is 0 Å². The molecule has 1 heterocycles. The Morgan fingerprint density at radius 3 is 2.44 bits per heavy atom. The van der Waals surface area contributed by atoms with Crippen molar-refractivity contribution in [2.24, 2.45) is 5.92 Å². The number of fused-ring (bicyclic) bond motifs is 1. The first-order valence-electron chi connectivity index (χ1n) is 10.9. The number of para-hydroxylation sites is 1. The highest BCUT2D eigenvalue weighted by Gasteiger charge is 2.39. The first-order chi connectivity index (χ1) is 15.4. The van der Waals surface area contributed by atoms with Crippen molar-refractivity contribution in [1.82, 2.24) is 5.32 Å². The molecule has 3 aromatic carbocycles. The van der Waals surface area contributed by atoms with Gasteiger partial charge in [0.25, 0.3) is 0 Å². The van der Waals surface area contributed by atoms with Crippen LogP contribution >= 0.6 is 11.8 Å². The molecule has 0 fully saturated rings. The van der Waals surface area contributed by atoms with Crippen molar-refractivity contribution < 1.29 is 9.59 Å². The van der Waals surface area contributed by atoms with Crippen molar-refractivity contribution in [3.05, 3.63) is 95.1 Å². The second-order valence-corrected chi connectivity index (χ2v) is 9.53. The van der Waals surface area contributed by atoms with Crippen LogP contribution in [0.2, 0.25) is 0 Å².